The third-order valence-electron chi connectivity index (χ3n) is 2.91. The van der Waals surface area contributed by atoms with Gasteiger partial charge in [-0.3, -0.25) is 4.79 Å². The van der Waals surface area contributed by atoms with Crippen LogP contribution in [0.2, 0.25) is 0 Å². The predicted molar refractivity (Wildman–Crippen MR) is 72.0 cm³/mol. The lowest BCUT2D eigenvalue weighted by atomic mass is 10.1. The van der Waals surface area contributed by atoms with Crippen molar-refractivity contribution in [3.05, 3.63) is 42.5 Å². The summed E-state index contributed by atoms with van der Waals surface area (Å²) in [7, 11) is 0. The number of nitrogens with one attached hydrogen (secondary N) is 1. The molecule has 0 spiro atoms. The van der Waals surface area contributed by atoms with Crippen LogP contribution in [-0.4, -0.2) is 38.8 Å². The van der Waals surface area contributed by atoms with Crippen molar-refractivity contribution in [3.63, 3.8) is 0 Å². The molecule has 1 aliphatic rings. The Kier molecular flexibility index (Phi) is 4.36. The van der Waals surface area contributed by atoms with E-state index in [0.29, 0.717) is 12.1 Å². The highest BCUT2D eigenvalue weighted by Gasteiger charge is 2.11. The summed E-state index contributed by atoms with van der Waals surface area (Å²) in [6.45, 7) is 7.40. The molecule has 1 N–H and O–H groups in total. The first-order chi connectivity index (χ1) is 8.81. The van der Waals surface area contributed by atoms with E-state index in [1.165, 1.54) is 0 Å². The van der Waals surface area contributed by atoms with Crippen molar-refractivity contribution in [1.82, 2.24) is 5.32 Å². The minimum absolute atomic E-state index is 0.0663. The highest BCUT2D eigenvalue weighted by atomic mass is 16.5. The molecule has 1 heterocycles. The first kappa shape index (κ1) is 12.6. The van der Waals surface area contributed by atoms with Gasteiger partial charge in [-0.2, -0.15) is 0 Å². The zero-order valence-corrected chi connectivity index (χ0v) is 10.4. The summed E-state index contributed by atoms with van der Waals surface area (Å²) in [4.78, 5) is 14.0. The Morgan fingerprint density at radius 1 is 1.33 bits per heavy atom. The van der Waals surface area contributed by atoms with Gasteiger partial charge in [0.1, 0.15) is 0 Å². The molecule has 1 amide bonds. The van der Waals surface area contributed by atoms with E-state index in [-0.39, 0.29) is 5.91 Å². The van der Waals surface area contributed by atoms with Crippen LogP contribution >= 0.6 is 0 Å². The van der Waals surface area contributed by atoms with Gasteiger partial charge in [-0.25, -0.2) is 0 Å². The molecular weight excluding hydrogens is 228 g/mol. The standard InChI is InChI=1S/C14H18N2O2/c1-2-7-15-14(17)12-3-5-13(6-4-12)16-8-10-18-11-9-16/h2-6H,1,7-11H2,(H,15,17). The van der Waals surface area contributed by atoms with Gasteiger partial charge in [-0.15, -0.1) is 6.58 Å². The number of amides is 1. The van der Waals surface area contributed by atoms with E-state index in [2.05, 4.69) is 16.8 Å². The average molecular weight is 246 g/mol. The van der Waals surface area contributed by atoms with Gasteiger partial charge in [0.15, 0.2) is 0 Å². The quantitative estimate of drug-likeness (QED) is 0.817. The fourth-order valence-corrected chi connectivity index (χ4v) is 1.91. The summed E-state index contributed by atoms with van der Waals surface area (Å²) >= 11 is 0. The maximum atomic E-state index is 11.7. The third-order valence-corrected chi connectivity index (χ3v) is 2.91. The highest BCUT2D eigenvalue weighted by Crippen LogP contribution is 2.16. The molecule has 0 unspecified atom stereocenters. The maximum Gasteiger partial charge on any atom is 0.251 e. The Bertz CT molecular complexity index is 408. The number of nitrogens with zero attached hydrogens (tertiary/aromatic N) is 1. The second-order valence-corrected chi connectivity index (χ2v) is 4.14. The van der Waals surface area contributed by atoms with E-state index in [1.807, 2.05) is 24.3 Å². The predicted octanol–water partition coefficient (Wildman–Crippen LogP) is 1.44. The van der Waals surface area contributed by atoms with Crippen molar-refractivity contribution in [2.75, 3.05) is 37.7 Å². The number of benzene rings is 1. The van der Waals surface area contributed by atoms with Crippen LogP contribution in [0.4, 0.5) is 5.69 Å². The highest BCUT2D eigenvalue weighted by molar-refractivity contribution is 5.94. The number of carbonyl (C=O) groups is 1. The van der Waals surface area contributed by atoms with Crippen molar-refractivity contribution in [2.45, 2.75) is 0 Å². The zero-order chi connectivity index (χ0) is 12.8. The molecule has 1 saturated heterocycles. The Morgan fingerprint density at radius 3 is 2.61 bits per heavy atom. The molecular formula is C14H18N2O2. The summed E-state index contributed by atoms with van der Waals surface area (Å²) in [5.41, 5.74) is 1.81. The van der Waals surface area contributed by atoms with Gasteiger partial charge in [-0.05, 0) is 24.3 Å². The molecule has 0 aliphatic carbocycles. The summed E-state index contributed by atoms with van der Waals surface area (Å²) < 4.78 is 5.31. The van der Waals surface area contributed by atoms with Gasteiger partial charge >= 0.3 is 0 Å². The van der Waals surface area contributed by atoms with E-state index in [0.717, 1.165) is 32.0 Å². The van der Waals surface area contributed by atoms with Gasteiger partial charge < -0.3 is 15.0 Å². The SMILES string of the molecule is C=CCNC(=O)c1ccc(N2CCOCC2)cc1. The minimum Gasteiger partial charge on any atom is -0.378 e. The van der Waals surface area contributed by atoms with Crippen molar-refractivity contribution < 1.29 is 9.53 Å². The van der Waals surface area contributed by atoms with Crippen molar-refractivity contribution in [2.24, 2.45) is 0 Å². The molecule has 2 rings (SSSR count). The van der Waals surface area contributed by atoms with Crippen molar-refractivity contribution in [1.29, 1.82) is 0 Å². The molecule has 1 aliphatic heterocycles. The van der Waals surface area contributed by atoms with E-state index < -0.39 is 0 Å². The Hall–Kier alpha value is -1.81. The second kappa shape index (κ2) is 6.21. The molecule has 0 aromatic heterocycles. The number of hydrogen-bond acceptors (Lipinski definition) is 3. The summed E-state index contributed by atoms with van der Waals surface area (Å²) in [5.74, 6) is -0.0663. The first-order valence-electron chi connectivity index (χ1n) is 6.13. The van der Waals surface area contributed by atoms with Crippen LogP contribution in [-0.2, 0) is 4.74 Å². The molecule has 0 saturated carbocycles. The first-order valence-corrected chi connectivity index (χ1v) is 6.13. The Labute approximate surface area is 107 Å². The number of morpholine rings is 1. The fraction of sp³-hybridized carbons (Fsp3) is 0.357. The Morgan fingerprint density at radius 2 is 2.00 bits per heavy atom. The molecule has 1 fully saturated rings. The van der Waals surface area contributed by atoms with E-state index in [4.69, 9.17) is 4.74 Å². The van der Waals surface area contributed by atoms with Crippen molar-refractivity contribution >= 4 is 11.6 Å². The lowest BCUT2D eigenvalue weighted by Gasteiger charge is -2.28. The van der Waals surface area contributed by atoms with Gasteiger partial charge in [0.2, 0.25) is 0 Å². The number of hydrogen-bond donors (Lipinski definition) is 1. The number of anilines is 1. The van der Waals surface area contributed by atoms with E-state index in [9.17, 15) is 4.79 Å². The molecule has 4 heteroatoms. The Balaban J connectivity index is 2.00. The lowest BCUT2D eigenvalue weighted by Crippen LogP contribution is -2.36. The molecule has 96 valence electrons. The number of rotatable bonds is 4. The van der Waals surface area contributed by atoms with Crippen LogP contribution in [0.5, 0.6) is 0 Å². The second-order valence-electron chi connectivity index (χ2n) is 4.14. The van der Waals surface area contributed by atoms with Gasteiger partial charge in [-0.1, -0.05) is 6.08 Å². The van der Waals surface area contributed by atoms with Gasteiger partial charge in [0.05, 0.1) is 13.2 Å². The van der Waals surface area contributed by atoms with Gasteiger partial charge in [0.25, 0.3) is 5.91 Å². The minimum atomic E-state index is -0.0663. The summed E-state index contributed by atoms with van der Waals surface area (Å²) in [5, 5.41) is 2.76. The summed E-state index contributed by atoms with van der Waals surface area (Å²) in [6.07, 6.45) is 1.67. The van der Waals surface area contributed by atoms with Crippen LogP contribution in [0.25, 0.3) is 0 Å². The average Bonchev–Trinajstić information content (AvgIpc) is 2.46. The van der Waals surface area contributed by atoms with Crippen LogP contribution in [0.3, 0.4) is 0 Å². The lowest BCUT2D eigenvalue weighted by molar-refractivity contribution is 0.0958. The monoisotopic (exact) mass is 246 g/mol. The van der Waals surface area contributed by atoms with Crippen LogP contribution in [0, 0.1) is 0 Å². The van der Waals surface area contributed by atoms with Crippen LogP contribution < -0.4 is 10.2 Å². The third kappa shape index (κ3) is 3.11. The molecule has 18 heavy (non-hydrogen) atoms. The smallest absolute Gasteiger partial charge is 0.251 e. The van der Waals surface area contributed by atoms with Crippen LogP contribution in [0.1, 0.15) is 10.4 Å². The maximum absolute atomic E-state index is 11.7. The van der Waals surface area contributed by atoms with Crippen LogP contribution in [0.15, 0.2) is 36.9 Å². The molecule has 0 bridgehead atoms. The zero-order valence-electron chi connectivity index (χ0n) is 10.4. The van der Waals surface area contributed by atoms with Crippen molar-refractivity contribution in [3.8, 4) is 0 Å². The topological polar surface area (TPSA) is 41.6 Å². The fourth-order valence-electron chi connectivity index (χ4n) is 1.91. The molecule has 1 aromatic rings. The summed E-state index contributed by atoms with van der Waals surface area (Å²) in [6, 6.07) is 7.66. The van der Waals surface area contributed by atoms with Gasteiger partial charge in [0, 0.05) is 30.9 Å². The normalized spacial score (nSPS) is 15.2. The molecule has 4 nitrogen and oxygen atoms in total. The molecule has 1 aromatic carbocycles. The largest absolute Gasteiger partial charge is 0.378 e. The number of ether oxygens (including phenoxy) is 1. The number of carbonyl (C=O) groups excluding carboxylic acids is 1. The molecule has 0 radical (unpaired) electrons. The van der Waals surface area contributed by atoms with E-state index in [1.54, 1.807) is 6.08 Å². The van der Waals surface area contributed by atoms with E-state index >= 15 is 0 Å². The molecule has 0 atom stereocenters.